The highest BCUT2D eigenvalue weighted by molar-refractivity contribution is 6.33. The lowest BCUT2D eigenvalue weighted by Gasteiger charge is -2.06. The molecule has 0 bridgehead atoms. The molecular formula is C17H12ClN5O4. The largest absolute Gasteiger partial charge is 0.292 e. The summed E-state index contributed by atoms with van der Waals surface area (Å²) in [5.74, 6) is -0.639. The molecule has 0 atom stereocenters. The lowest BCUT2D eigenvalue weighted by molar-refractivity contribution is -0.384. The highest BCUT2D eigenvalue weighted by atomic mass is 35.5. The third kappa shape index (κ3) is 3.67. The number of benzene rings is 2. The number of nitro benzene ring substituents is 1. The highest BCUT2D eigenvalue weighted by Gasteiger charge is 2.15. The van der Waals surface area contributed by atoms with Gasteiger partial charge in [-0.1, -0.05) is 29.8 Å². The summed E-state index contributed by atoms with van der Waals surface area (Å²) < 4.78 is 1.07. The average molecular weight is 386 g/mol. The number of nitro groups is 1. The van der Waals surface area contributed by atoms with Crippen LogP contribution < -0.4 is 11.0 Å². The molecule has 27 heavy (non-hydrogen) atoms. The molecular weight excluding hydrogens is 374 g/mol. The molecule has 0 fully saturated rings. The monoisotopic (exact) mass is 385 g/mol. The van der Waals surface area contributed by atoms with Crippen LogP contribution in [-0.4, -0.2) is 26.8 Å². The molecule has 1 amide bonds. The van der Waals surface area contributed by atoms with Crippen LogP contribution in [0.25, 0.3) is 10.8 Å². The summed E-state index contributed by atoms with van der Waals surface area (Å²) >= 11 is 5.97. The van der Waals surface area contributed by atoms with E-state index in [2.05, 4.69) is 15.6 Å². The number of hydrogen-bond acceptors (Lipinski definition) is 6. The van der Waals surface area contributed by atoms with E-state index in [9.17, 15) is 19.7 Å². The van der Waals surface area contributed by atoms with Gasteiger partial charge in [-0.2, -0.15) is 10.2 Å². The Hall–Kier alpha value is -3.59. The minimum Gasteiger partial charge on any atom is -0.267 e. The number of halogens is 1. The predicted molar refractivity (Wildman–Crippen MR) is 100 cm³/mol. The third-order valence-corrected chi connectivity index (χ3v) is 4.08. The van der Waals surface area contributed by atoms with Crippen LogP contribution in [0.4, 0.5) is 5.69 Å². The van der Waals surface area contributed by atoms with Crippen LogP contribution in [0.5, 0.6) is 0 Å². The van der Waals surface area contributed by atoms with Gasteiger partial charge in [-0.05, 0) is 12.1 Å². The van der Waals surface area contributed by atoms with Crippen molar-refractivity contribution in [1.29, 1.82) is 0 Å². The van der Waals surface area contributed by atoms with Crippen molar-refractivity contribution >= 4 is 40.2 Å². The molecule has 1 aromatic heterocycles. The quantitative estimate of drug-likeness (QED) is 0.419. The Morgan fingerprint density at radius 2 is 2.00 bits per heavy atom. The molecule has 10 heteroatoms. The third-order valence-electron chi connectivity index (χ3n) is 3.73. The van der Waals surface area contributed by atoms with Gasteiger partial charge in [0.15, 0.2) is 5.69 Å². The van der Waals surface area contributed by atoms with Crippen LogP contribution in [-0.2, 0) is 7.05 Å². The van der Waals surface area contributed by atoms with Crippen LogP contribution >= 0.6 is 11.6 Å². The molecule has 0 saturated heterocycles. The number of hydrazone groups is 1. The standard InChI is InChI=1S/C17H12ClN5O4/c1-22-17(25)13-5-3-2-4-12(13)15(21-22)16(24)20-19-9-10-8-11(23(26)27)6-7-14(10)18/h2-9H,1H3,(H,20,24)/b19-9-. The number of aryl methyl sites for hydroxylation is 1. The molecule has 0 aliphatic heterocycles. The van der Waals surface area contributed by atoms with E-state index in [0.717, 1.165) is 4.68 Å². The van der Waals surface area contributed by atoms with Crippen molar-refractivity contribution in [3.63, 3.8) is 0 Å². The van der Waals surface area contributed by atoms with Crippen LogP contribution in [0.2, 0.25) is 5.02 Å². The lowest BCUT2D eigenvalue weighted by atomic mass is 10.1. The van der Waals surface area contributed by atoms with Gasteiger partial charge < -0.3 is 0 Å². The molecule has 3 rings (SSSR count). The van der Waals surface area contributed by atoms with Crippen molar-refractivity contribution in [2.75, 3.05) is 0 Å². The first-order valence-corrected chi connectivity index (χ1v) is 7.99. The number of rotatable bonds is 4. The van der Waals surface area contributed by atoms with Crippen molar-refractivity contribution in [1.82, 2.24) is 15.2 Å². The van der Waals surface area contributed by atoms with E-state index in [1.165, 1.54) is 31.5 Å². The Balaban J connectivity index is 1.89. The van der Waals surface area contributed by atoms with E-state index in [1.54, 1.807) is 24.3 Å². The summed E-state index contributed by atoms with van der Waals surface area (Å²) in [6.07, 6.45) is 1.19. The van der Waals surface area contributed by atoms with E-state index in [0.29, 0.717) is 10.8 Å². The van der Waals surface area contributed by atoms with Crippen molar-refractivity contribution in [3.05, 3.63) is 79.2 Å². The van der Waals surface area contributed by atoms with E-state index in [4.69, 9.17) is 11.6 Å². The van der Waals surface area contributed by atoms with E-state index in [1.807, 2.05) is 0 Å². The predicted octanol–water partition coefficient (Wildman–Crippen LogP) is 2.26. The van der Waals surface area contributed by atoms with Gasteiger partial charge in [0.1, 0.15) is 0 Å². The molecule has 1 N–H and O–H groups in total. The first kappa shape index (κ1) is 18.2. The number of hydrogen-bond donors (Lipinski definition) is 1. The fourth-order valence-electron chi connectivity index (χ4n) is 2.42. The topological polar surface area (TPSA) is 119 Å². The number of amides is 1. The Morgan fingerprint density at radius 3 is 2.70 bits per heavy atom. The van der Waals surface area contributed by atoms with Crippen LogP contribution in [0.3, 0.4) is 0 Å². The molecule has 0 saturated carbocycles. The fraction of sp³-hybridized carbons (Fsp3) is 0.0588. The number of nitrogens with zero attached hydrogens (tertiary/aromatic N) is 4. The molecule has 0 radical (unpaired) electrons. The summed E-state index contributed by atoms with van der Waals surface area (Å²) in [5.41, 5.74) is 2.10. The van der Waals surface area contributed by atoms with Gasteiger partial charge in [0, 0.05) is 35.2 Å². The van der Waals surface area contributed by atoms with Gasteiger partial charge in [-0.3, -0.25) is 19.7 Å². The first-order chi connectivity index (χ1) is 12.9. The summed E-state index contributed by atoms with van der Waals surface area (Å²) in [6.45, 7) is 0. The molecule has 0 aliphatic carbocycles. The van der Waals surface area contributed by atoms with Crippen LogP contribution in [0.1, 0.15) is 16.1 Å². The maximum absolute atomic E-state index is 12.4. The van der Waals surface area contributed by atoms with Crippen molar-refractivity contribution in [2.45, 2.75) is 0 Å². The summed E-state index contributed by atoms with van der Waals surface area (Å²) in [5, 5.41) is 19.6. The number of carbonyl (C=O) groups is 1. The van der Waals surface area contributed by atoms with Crippen LogP contribution in [0.15, 0.2) is 52.4 Å². The van der Waals surface area contributed by atoms with Gasteiger partial charge in [0.2, 0.25) is 0 Å². The average Bonchev–Trinajstić information content (AvgIpc) is 2.65. The zero-order valence-corrected chi connectivity index (χ0v) is 14.7. The summed E-state index contributed by atoms with van der Waals surface area (Å²) in [6, 6.07) is 10.4. The summed E-state index contributed by atoms with van der Waals surface area (Å²) in [7, 11) is 1.44. The van der Waals surface area contributed by atoms with Gasteiger partial charge in [-0.15, -0.1) is 0 Å². The van der Waals surface area contributed by atoms with E-state index in [-0.39, 0.29) is 27.5 Å². The zero-order chi connectivity index (χ0) is 19.6. The van der Waals surface area contributed by atoms with Gasteiger partial charge in [0.25, 0.3) is 17.2 Å². The zero-order valence-electron chi connectivity index (χ0n) is 13.9. The second-order valence-electron chi connectivity index (χ2n) is 5.49. The Kier molecular flexibility index (Phi) is 4.95. The molecule has 1 heterocycles. The number of carbonyl (C=O) groups excluding carboxylic acids is 1. The maximum atomic E-state index is 12.4. The Morgan fingerprint density at radius 1 is 1.30 bits per heavy atom. The minimum atomic E-state index is -0.639. The van der Waals surface area contributed by atoms with Crippen molar-refractivity contribution in [3.8, 4) is 0 Å². The fourth-order valence-corrected chi connectivity index (χ4v) is 2.59. The number of aromatic nitrogens is 2. The van der Waals surface area contributed by atoms with Gasteiger partial charge >= 0.3 is 0 Å². The number of non-ortho nitro benzene ring substituents is 1. The van der Waals surface area contributed by atoms with Gasteiger partial charge in [-0.25, -0.2) is 10.1 Å². The molecule has 0 unspecified atom stereocenters. The molecule has 3 aromatic rings. The van der Waals surface area contributed by atoms with Crippen molar-refractivity contribution in [2.24, 2.45) is 12.1 Å². The Bertz CT molecular complexity index is 1160. The smallest absolute Gasteiger partial charge is 0.267 e. The summed E-state index contributed by atoms with van der Waals surface area (Å²) in [4.78, 5) is 34.8. The molecule has 0 aliphatic rings. The second-order valence-corrected chi connectivity index (χ2v) is 5.89. The molecule has 136 valence electrons. The normalized spacial score (nSPS) is 11.0. The van der Waals surface area contributed by atoms with E-state index < -0.39 is 10.8 Å². The number of fused-ring (bicyclic) bond motifs is 1. The maximum Gasteiger partial charge on any atom is 0.292 e. The lowest BCUT2D eigenvalue weighted by Crippen LogP contribution is -2.27. The first-order valence-electron chi connectivity index (χ1n) is 7.62. The van der Waals surface area contributed by atoms with Crippen molar-refractivity contribution < 1.29 is 9.72 Å². The number of nitrogens with one attached hydrogen (secondary N) is 1. The van der Waals surface area contributed by atoms with Gasteiger partial charge in [0.05, 0.1) is 16.5 Å². The second kappa shape index (κ2) is 7.34. The Labute approximate surface area is 157 Å². The van der Waals surface area contributed by atoms with E-state index >= 15 is 0 Å². The molecule has 2 aromatic carbocycles. The molecule has 0 spiro atoms. The minimum absolute atomic E-state index is 0.0231. The van der Waals surface area contributed by atoms with Crippen LogP contribution in [0, 0.1) is 10.1 Å². The highest BCUT2D eigenvalue weighted by Crippen LogP contribution is 2.20. The molecule has 9 nitrogen and oxygen atoms in total. The SMILES string of the molecule is Cn1nc(C(=O)N/N=C\c2cc([N+](=O)[O-])ccc2Cl)c2ccccc2c1=O.